The van der Waals surface area contributed by atoms with Gasteiger partial charge in [0.1, 0.15) is 0 Å². The largest absolute Gasteiger partial charge is 0.313 e. The second kappa shape index (κ2) is 5.48. The third kappa shape index (κ3) is 2.69. The van der Waals surface area contributed by atoms with Crippen molar-refractivity contribution < 1.29 is 4.79 Å². The third-order valence-electron chi connectivity index (χ3n) is 5.80. The van der Waals surface area contributed by atoms with Gasteiger partial charge in [-0.25, -0.2) is 0 Å². The molecule has 1 heterocycles. The molecule has 0 aromatic rings. The fourth-order valence-electron chi connectivity index (χ4n) is 4.41. The minimum atomic E-state index is -0.153. The summed E-state index contributed by atoms with van der Waals surface area (Å²) in [5.41, 5.74) is 2.66. The average Bonchev–Trinajstić information content (AvgIpc) is 2.62. The van der Waals surface area contributed by atoms with Gasteiger partial charge in [-0.15, -0.1) is 0 Å². The summed E-state index contributed by atoms with van der Waals surface area (Å²) in [6, 6.07) is 0.264. The summed E-state index contributed by atoms with van der Waals surface area (Å²) in [5, 5.41) is -0.153. The number of amides is 1. The summed E-state index contributed by atoms with van der Waals surface area (Å²) in [7, 11) is 6.84. The van der Waals surface area contributed by atoms with Crippen molar-refractivity contribution in [3.05, 3.63) is 11.3 Å². The predicted octanol–water partition coefficient (Wildman–Crippen LogP) is 4.46. The van der Waals surface area contributed by atoms with Crippen molar-refractivity contribution in [2.45, 2.75) is 85.0 Å². The summed E-state index contributed by atoms with van der Waals surface area (Å²) in [6.07, 6.45) is 4.67. The third-order valence-corrected chi connectivity index (χ3v) is 5.80. The van der Waals surface area contributed by atoms with Gasteiger partial charge in [-0.3, -0.25) is 4.79 Å². The molecule has 2 rings (SSSR count). The van der Waals surface area contributed by atoms with E-state index in [0.29, 0.717) is 12.3 Å². The number of rotatable bonds is 2. The van der Waals surface area contributed by atoms with Gasteiger partial charge in [0.15, 0.2) is 0 Å². The van der Waals surface area contributed by atoms with Gasteiger partial charge in [-0.05, 0) is 50.0 Å². The molecular formula is C18H30BNO. The Balaban J connectivity index is 2.38. The number of hydrogen-bond donors (Lipinski definition) is 0. The maximum Gasteiger partial charge on any atom is 0.231 e. The first-order chi connectivity index (χ1) is 9.60. The number of allylic oxidation sites excluding steroid dienone is 1. The molecule has 3 heteroatoms. The lowest BCUT2D eigenvalue weighted by atomic mass is 9.45. The van der Waals surface area contributed by atoms with Crippen LogP contribution in [-0.2, 0) is 4.79 Å². The van der Waals surface area contributed by atoms with Gasteiger partial charge in [-0.2, -0.15) is 0 Å². The first-order valence-electron chi connectivity index (χ1n) is 8.42. The van der Waals surface area contributed by atoms with Gasteiger partial charge >= 0.3 is 0 Å². The van der Waals surface area contributed by atoms with Crippen molar-refractivity contribution in [3.63, 3.8) is 0 Å². The van der Waals surface area contributed by atoms with Gasteiger partial charge < -0.3 is 4.90 Å². The van der Waals surface area contributed by atoms with E-state index in [1.165, 1.54) is 11.3 Å². The average molecular weight is 287 g/mol. The smallest absolute Gasteiger partial charge is 0.231 e. The molecule has 0 saturated carbocycles. The van der Waals surface area contributed by atoms with Crippen LogP contribution in [0.4, 0.5) is 0 Å². The van der Waals surface area contributed by atoms with E-state index in [0.717, 1.165) is 25.7 Å². The molecule has 0 bridgehead atoms. The van der Waals surface area contributed by atoms with E-state index in [1.54, 1.807) is 0 Å². The Bertz CT molecular complexity index is 464. The fourth-order valence-corrected chi connectivity index (χ4v) is 4.41. The molecule has 0 fully saturated rings. The van der Waals surface area contributed by atoms with Crippen molar-refractivity contribution in [2.75, 3.05) is 0 Å². The minimum Gasteiger partial charge on any atom is -0.313 e. The SMILES string of the molecule is [B]C1(C(C)C)CCCC2=C(CC(=O)N2C(C)C)CC1(C)C. The maximum atomic E-state index is 12.4. The van der Waals surface area contributed by atoms with Crippen LogP contribution in [0.5, 0.6) is 0 Å². The van der Waals surface area contributed by atoms with Crippen molar-refractivity contribution >= 4 is 13.8 Å². The molecule has 2 radical (unpaired) electrons. The highest BCUT2D eigenvalue weighted by atomic mass is 16.2. The van der Waals surface area contributed by atoms with Crippen molar-refractivity contribution in [1.29, 1.82) is 0 Å². The van der Waals surface area contributed by atoms with E-state index >= 15 is 0 Å². The molecule has 1 atom stereocenters. The summed E-state index contributed by atoms with van der Waals surface area (Å²) in [5.74, 6) is 0.729. The normalized spacial score (nSPS) is 29.9. The van der Waals surface area contributed by atoms with Gasteiger partial charge in [0.2, 0.25) is 5.91 Å². The van der Waals surface area contributed by atoms with Crippen LogP contribution in [0.25, 0.3) is 0 Å². The highest BCUT2D eigenvalue weighted by Crippen LogP contribution is 2.58. The number of carbonyl (C=O) groups excluding carboxylic acids is 1. The molecule has 2 nitrogen and oxygen atoms in total. The molecular weight excluding hydrogens is 257 g/mol. The van der Waals surface area contributed by atoms with E-state index in [4.69, 9.17) is 7.85 Å². The highest BCUT2D eigenvalue weighted by Gasteiger charge is 2.45. The van der Waals surface area contributed by atoms with Gasteiger partial charge in [0.25, 0.3) is 0 Å². The van der Waals surface area contributed by atoms with E-state index in [2.05, 4.69) is 41.5 Å². The number of carbonyl (C=O) groups is 1. The predicted molar refractivity (Wildman–Crippen MR) is 89.2 cm³/mol. The molecule has 0 N–H and O–H groups in total. The monoisotopic (exact) mass is 287 g/mol. The first-order valence-corrected chi connectivity index (χ1v) is 8.42. The molecule has 1 unspecified atom stereocenters. The maximum absolute atomic E-state index is 12.4. The van der Waals surface area contributed by atoms with Crippen LogP contribution in [-0.4, -0.2) is 24.7 Å². The van der Waals surface area contributed by atoms with Crippen molar-refractivity contribution in [2.24, 2.45) is 11.3 Å². The summed E-state index contributed by atoms with van der Waals surface area (Å²) in [6.45, 7) is 13.3. The van der Waals surface area contributed by atoms with E-state index in [9.17, 15) is 4.79 Å². The zero-order chi connectivity index (χ0) is 16.0. The lowest BCUT2D eigenvalue weighted by molar-refractivity contribution is -0.128. The molecule has 116 valence electrons. The van der Waals surface area contributed by atoms with Crippen LogP contribution >= 0.6 is 0 Å². The molecule has 1 aliphatic carbocycles. The Hall–Kier alpha value is -0.725. The minimum absolute atomic E-state index is 0.0233. The summed E-state index contributed by atoms with van der Waals surface area (Å²) < 4.78 is 0. The molecule has 0 saturated heterocycles. The lowest BCUT2D eigenvalue weighted by Crippen LogP contribution is -2.38. The Morgan fingerprint density at radius 1 is 1.19 bits per heavy atom. The van der Waals surface area contributed by atoms with E-state index in [1.807, 2.05) is 4.90 Å². The molecule has 0 aromatic carbocycles. The Morgan fingerprint density at radius 3 is 2.33 bits per heavy atom. The van der Waals surface area contributed by atoms with Crippen LogP contribution in [0, 0.1) is 11.3 Å². The van der Waals surface area contributed by atoms with Crippen molar-refractivity contribution in [3.8, 4) is 0 Å². The molecule has 1 amide bonds. The quantitative estimate of drug-likeness (QED) is 0.686. The standard InChI is InChI=1S/C18H30BNO/c1-12(2)18(19)9-7-8-15-14(11-17(18,5)6)10-16(21)20(15)13(3)4/h12-13H,7-11H2,1-6H3. The molecule has 21 heavy (non-hydrogen) atoms. The Kier molecular flexibility index (Phi) is 4.34. The van der Waals surface area contributed by atoms with Crippen LogP contribution in [0.1, 0.15) is 73.6 Å². The second-order valence-corrected chi connectivity index (χ2v) is 8.19. The highest BCUT2D eigenvalue weighted by molar-refractivity contribution is 6.16. The fraction of sp³-hybridized carbons (Fsp3) is 0.833. The lowest BCUT2D eigenvalue weighted by Gasteiger charge is -2.50. The Morgan fingerprint density at radius 2 is 1.81 bits per heavy atom. The van der Waals surface area contributed by atoms with Gasteiger partial charge in [0, 0.05) is 11.7 Å². The summed E-state index contributed by atoms with van der Waals surface area (Å²) in [4.78, 5) is 14.4. The van der Waals surface area contributed by atoms with E-state index in [-0.39, 0.29) is 22.7 Å². The zero-order valence-electron chi connectivity index (χ0n) is 14.6. The molecule has 0 aromatic heterocycles. The number of nitrogens with zero attached hydrogens (tertiary/aromatic N) is 1. The molecule has 0 spiro atoms. The Labute approximate surface area is 131 Å². The van der Waals surface area contributed by atoms with Crippen molar-refractivity contribution in [1.82, 2.24) is 4.90 Å². The van der Waals surface area contributed by atoms with Crippen LogP contribution in [0.2, 0.25) is 5.31 Å². The molecule has 2 aliphatic rings. The topological polar surface area (TPSA) is 20.3 Å². The second-order valence-electron chi connectivity index (χ2n) is 8.19. The van der Waals surface area contributed by atoms with Gasteiger partial charge in [0.05, 0.1) is 14.3 Å². The van der Waals surface area contributed by atoms with Crippen LogP contribution in [0.3, 0.4) is 0 Å². The van der Waals surface area contributed by atoms with Crippen LogP contribution in [0.15, 0.2) is 11.3 Å². The van der Waals surface area contributed by atoms with Crippen LogP contribution < -0.4 is 0 Å². The van der Waals surface area contributed by atoms with Gasteiger partial charge in [-0.1, -0.05) is 39.4 Å². The summed E-state index contributed by atoms with van der Waals surface area (Å²) >= 11 is 0. The number of hydrogen-bond acceptors (Lipinski definition) is 1. The molecule has 1 aliphatic heterocycles. The van der Waals surface area contributed by atoms with E-state index < -0.39 is 0 Å². The zero-order valence-corrected chi connectivity index (χ0v) is 14.6. The first kappa shape index (κ1) is 16.6.